The molecule has 1 rings (SSSR count). The van der Waals surface area contributed by atoms with Crippen molar-refractivity contribution in [2.24, 2.45) is 17.1 Å². The SMILES string of the molecule is CCN(CCCCC(C)(C)C(=N)N)CC1CC1. The number of nitrogens with one attached hydrogen (secondary N) is 1. The van der Waals surface area contributed by atoms with E-state index in [2.05, 4.69) is 25.7 Å². The summed E-state index contributed by atoms with van der Waals surface area (Å²) in [7, 11) is 0. The van der Waals surface area contributed by atoms with E-state index < -0.39 is 0 Å². The van der Waals surface area contributed by atoms with E-state index in [0.29, 0.717) is 5.84 Å². The second-order valence-electron chi connectivity index (χ2n) is 6.09. The largest absolute Gasteiger partial charge is 0.387 e. The minimum Gasteiger partial charge on any atom is -0.387 e. The van der Waals surface area contributed by atoms with Crippen LogP contribution in [0, 0.1) is 16.7 Å². The Morgan fingerprint density at radius 2 is 2.00 bits per heavy atom. The predicted octanol–water partition coefficient (Wildman–Crippen LogP) is 2.85. The van der Waals surface area contributed by atoms with Gasteiger partial charge in [-0.2, -0.15) is 0 Å². The van der Waals surface area contributed by atoms with Crippen molar-refractivity contribution in [3.63, 3.8) is 0 Å². The van der Waals surface area contributed by atoms with E-state index >= 15 is 0 Å². The van der Waals surface area contributed by atoms with Crippen LogP contribution in [0.15, 0.2) is 0 Å². The molecule has 0 spiro atoms. The van der Waals surface area contributed by atoms with Gasteiger partial charge in [-0.25, -0.2) is 0 Å². The Bertz CT molecular complexity index is 244. The average Bonchev–Trinajstić information content (AvgIpc) is 3.06. The van der Waals surface area contributed by atoms with Crippen LogP contribution in [0.3, 0.4) is 0 Å². The predicted molar refractivity (Wildman–Crippen MR) is 74.4 cm³/mol. The molecule has 0 amide bonds. The number of rotatable bonds is 9. The minimum absolute atomic E-state index is 0.118. The zero-order valence-electron chi connectivity index (χ0n) is 11.8. The van der Waals surface area contributed by atoms with Gasteiger partial charge >= 0.3 is 0 Å². The fourth-order valence-corrected chi connectivity index (χ4v) is 2.08. The zero-order valence-corrected chi connectivity index (χ0v) is 11.8. The monoisotopic (exact) mass is 239 g/mol. The quantitative estimate of drug-likeness (QED) is 0.369. The second kappa shape index (κ2) is 6.39. The Morgan fingerprint density at radius 1 is 1.35 bits per heavy atom. The lowest BCUT2D eigenvalue weighted by Crippen LogP contribution is -2.31. The van der Waals surface area contributed by atoms with Gasteiger partial charge in [0.05, 0.1) is 5.84 Å². The topological polar surface area (TPSA) is 53.1 Å². The Balaban J connectivity index is 2.11. The lowest BCUT2D eigenvalue weighted by molar-refractivity contribution is 0.265. The van der Waals surface area contributed by atoms with Gasteiger partial charge in [0.15, 0.2) is 0 Å². The summed E-state index contributed by atoms with van der Waals surface area (Å²) in [6.45, 7) is 10.1. The highest BCUT2D eigenvalue weighted by molar-refractivity contribution is 5.82. The van der Waals surface area contributed by atoms with Gasteiger partial charge in [0.2, 0.25) is 0 Å². The van der Waals surface area contributed by atoms with Crippen molar-refractivity contribution in [2.45, 2.75) is 52.9 Å². The molecular weight excluding hydrogens is 210 g/mol. The highest BCUT2D eigenvalue weighted by atomic mass is 15.1. The highest BCUT2D eigenvalue weighted by Crippen LogP contribution is 2.30. The normalized spacial score (nSPS) is 16.5. The molecule has 0 saturated heterocycles. The maximum atomic E-state index is 7.52. The van der Waals surface area contributed by atoms with Crippen molar-refractivity contribution in [3.8, 4) is 0 Å². The summed E-state index contributed by atoms with van der Waals surface area (Å²) >= 11 is 0. The van der Waals surface area contributed by atoms with E-state index in [4.69, 9.17) is 11.1 Å². The van der Waals surface area contributed by atoms with Crippen LogP contribution in [0.5, 0.6) is 0 Å². The van der Waals surface area contributed by atoms with E-state index in [0.717, 1.165) is 12.3 Å². The van der Waals surface area contributed by atoms with Gasteiger partial charge < -0.3 is 10.6 Å². The van der Waals surface area contributed by atoms with Gasteiger partial charge in [-0.05, 0) is 44.7 Å². The highest BCUT2D eigenvalue weighted by Gasteiger charge is 2.24. The smallest absolute Gasteiger partial charge is 0.0963 e. The first-order chi connectivity index (χ1) is 7.95. The molecule has 3 heteroatoms. The molecule has 1 saturated carbocycles. The van der Waals surface area contributed by atoms with Crippen molar-refractivity contribution in [1.82, 2.24) is 4.90 Å². The van der Waals surface area contributed by atoms with Crippen LogP contribution in [0.25, 0.3) is 0 Å². The van der Waals surface area contributed by atoms with Crippen molar-refractivity contribution < 1.29 is 0 Å². The molecule has 0 bridgehead atoms. The third-order valence-electron chi connectivity index (χ3n) is 3.92. The number of nitrogens with two attached hydrogens (primary N) is 1. The molecule has 0 aromatic rings. The molecule has 100 valence electrons. The molecule has 0 aliphatic heterocycles. The summed E-state index contributed by atoms with van der Waals surface area (Å²) in [6.07, 6.45) is 6.32. The third kappa shape index (κ3) is 5.53. The lowest BCUT2D eigenvalue weighted by Gasteiger charge is -2.24. The molecule has 0 atom stereocenters. The van der Waals surface area contributed by atoms with Crippen LogP contribution in [-0.2, 0) is 0 Å². The van der Waals surface area contributed by atoms with Crippen LogP contribution in [0.4, 0.5) is 0 Å². The van der Waals surface area contributed by atoms with Gasteiger partial charge in [0.25, 0.3) is 0 Å². The van der Waals surface area contributed by atoms with E-state index in [9.17, 15) is 0 Å². The molecule has 3 nitrogen and oxygen atoms in total. The summed E-state index contributed by atoms with van der Waals surface area (Å²) in [6, 6.07) is 0. The Morgan fingerprint density at radius 3 is 2.47 bits per heavy atom. The number of hydrogen-bond acceptors (Lipinski definition) is 2. The van der Waals surface area contributed by atoms with Crippen molar-refractivity contribution in [3.05, 3.63) is 0 Å². The number of nitrogens with zero attached hydrogens (tertiary/aromatic N) is 1. The average molecular weight is 239 g/mol. The third-order valence-corrected chi connectivity index (χ3v) is 3.92. The standard InChI is InChI=1S/C14H29N3/c1-4-17(11-12-7-8-12)10-6-5-9-14(2,3)13(15)16/h12H,4-11H2,1-3H3,(H3,15,16). The van der Waals surface area contributed by atoms with E-state index in [1.807, 2.05) is 0 Å². The van der Waals surface area contributed by atoms with Gasteiger partial charge in [-0.3, -0.25) is 5.41 Å². The molecular formula is C14H29N3. The summed E-state index contributed by atoms with van der Waals surface area (Å²) in [5.74, 6) is 1.31. The summed E-state index contributed by atoms with van der Waals surface area (Å²) in [5, 5.41) is 7.52. The van der Waals surface area contributed by atoms with Gasteiger partial charge in [0.1, 0.15) is 0 Å². The van der Waals surface area contributed by atoms with Crippen LogP contribution >= 0.6 is 0 Å². The van der Waals surface area contributed by atoms with Gasteiger partial charge in [-0.15, -0.1) is 0 Å². The van der Waals surface area contributed by atoms with Crippen LogP contribution < -0.4 is 5.73 Å². The molecule has 3 N–H and O–H groups in total. The molecule has 1 fully saturated rings. The second-order valence-corrected chi connectivity index (χ2v) is 6.09. The molecule has 0 heterocycles. The number of unbranched alkanes of at least 4 members (excludes halogenated alkanes) is 1. The number of amidine groups is 1. The first kappa shape index (κ1) is 14.5. The summed E-state index contributed by atoms with van der Waals surface area (Å²) in [4.78, 5) is 2.57. The Labute approximate surface area is 106 Å². The van der Waals surface area contributed by atoms with Crippen molar-refractivity contribution >= 4 is 5.84 Å². The van der Waals surface area contributed by atoms with E-state index in [-0.39, 0.29) is 5.41 Å². The molecule has 1 aliphatic rings. The molecule has 0 radical (unpaired) electrons. The molecule has 0 aromatic heterocycles. The summed E-state index contributed by atoms with van der Waals surface area (Å²) < 4.78 is 0. The Hall–Kier alpha value is -0.570. The molecule has 17 heavy (non-hydrogen) atoms. The van der Waals surface area contributed by atoms with E-state index in [1.165, 1.54) is 45.3 Å². The van der Waals surface area contributed by atoms with Crippen LogP contribution in [0.2, 0.25) is 0 Å². The Kier molecular flexibility index (Phi) is 5.44. The van der Waals surface area contributed by atoms with Crippen LogP contribution in [-0.4, -0.2) is 30.4 Å². The zero-order chi connectivity index (χ0) is 12.9. The maximum absolute atomic E-state index is 7.52. The van der Waals surface area contributed by atoms with E-state index in [1.54, 1.807) is 0 Å². The maximum Gasteiger partial charge on any atom is 0.0963 e. The first-order valence-electron chi connectivity index (χ1n) is 7.02. The summed E-state index contributed by atoms with van der Waals surface area (Å²) in [5.41, 5.74) is 5.47. The number of hydrogen-bond donors (Lipinski definition) is 2. The van der Waals surface area contributed by atoms with Gasteiger partial charge in [-0.1, -0.05) is 27.2 Å². The fraction of sp³-hybridized carbons (Fsp3) is 0.929. The van der Waals surface area contributed by atoms with Gasteiger partial charge in [0, 0.05) is 12.0 Å². The molecule has 0 unspecified atom stereocenters. The lowest BCUT2D eigenvalue weighted by atomic mass is 9.86. The first-order valence-corrected chi connectivity index (χ1v) is 7.02. The minimum atomic E-state index is -0.118. The fourth-order valence-electron chi connectivity index (χ4n) is 2.08. The molecule has 0 aromatic carbocycles. The van der Waals surface area contributed by atoms with Crippen molar-refractivity contribution in [1.29, 1.82) is 5.41 Å². The molecule has 1 aliphatic carbocycles. The van der Waals surface area contributed by atoms with Crippen LogP contribution in [0.1, 0.15) is 52.9 Å². The van der Waals surface area contributed by atoms with Crippen molar-refractivity contribution in [2.75, 3.05) is 19.6 Å².